The summed E-state index contributed by atoms with van der Waals surface area (Å²) < 4.78 is 5.69. The van der Waals surface area contributed by atoms with E-state index in [9.17, 15) is 0 Å². The number of nitrogens with two attached hydrogens (primary N) is 1. The molecule has 2 aromatic carbocycles. The Morgan fingerprint density at radius 2 is 1.56 bits per heavy atom. The molecule has 1 unspecified atom stereocenters. The summed E-state index contributed by atoms with van der Waals surface area (Å²) in [6.07, 6.45) is 0. The van der Waals surface area contributed by atoms with Gasteiger partial charge in [0.1, 0.15) is 11.5 Å². The molecular weight excluding hydrogens is 222 g/mol. The molecule has 2 nitrogen and oxygen atoms in total. The van der Waals surface area contributed by atoms with Crippen molar-refractivity contribution in [3.8, 4) is 23.3 Å². The van der Waals surface area contributed by atoms with E-state index in [1.54, 1.807) is 0 Å². The molecule has 0 aliphatic carbocycles. The monoisotopic (exact) mass is 237 g/mol. The fraction of sp³-hybridized carbons (Fsp3) is 0.125. The van der Waals surface area contributed by atoms with Crippen LogP contribution >= 0.6 is 0 Å². The lowest BCUT2D eigenvalue weighted by Crippen LogP contribution is -2.10. The molecule has 0 heterocycles. The SMILES string of the molecule is CC(N)C#Cc1ccc(Oc2ccccc2)cc1. The lowest BCUT2D eigenvalue weighted by atomic mass is 10.2. The smallest absolute Gasteiger partial charge is 0.127 e. The third kappa shape index (κ3) is 3.65. The number of benzene rings is 2. The van der Waals surface area contributed by atoms with Crippen molar-refractivity contribution >= 4 is 0 Å². The minimum absolute atomic E-state index is 0.106. The van der Waals surface area contributed by atoms with Crippen LogP contribution in [0.5, 0.6) is 11.5 Å². The maximum Gasteiger partial charge on any atom is 0.127 e. The molecule has 2 rings (SSSR count). The van der Waals surface area contributed by atoms with E-state index in [-0.39, 0.29) is 6.04 Å². The van der Waals surface area contributed by atoms with Crippen LogP contribution in [0.25, 0.3) is 0 Å². The normalized spacial score (nSPS) is 11.2. The molecule has 2 aromatic rings. The molecule has 0 aromatic heterocycles. The van der Waals surface area contributed by atoms with Gasteiger partial charge in [-0.25, -0.2) is 0 Å². The van der Waals surface area contributed by atoms with Crippen LogP contribution in [0.15, 0.2) is 54.6 Å². The number of rotatable bonds is 2. The van der Waals surface area contributed by atoms with Crippen molar-refractivity contribution in [1.82, 2.24) is 0 Å². The lowest BCUT2D eigenvalue weighted by Gasteiger charge is -2.04. The van der Waals surface area contributed by atoms with E-state index >= 15 is 0 Å². The van der Waals surface area contributed by atoms with Crippen molar-refractivity contribution in [1.29, 1.82) is 0 Å². The van der Waals surface area contributed by atoms with E-state index in [2.05, 4.69) is 11.8 Å². The first-order valence-corrected chi connectivity index (χ1v) is 5.84. The molecule has 1 atom stereocenters. The van der Waals surface area contributed by atoms with E-state index in [4.69, 9.17) is 10.5 Å². The summed E-state index contributed by atoms with van der Waals surface area (Å²) in [6, 6.07) is 17.2. The van der Waals surface area contributed by atoms with Gasteiger partial charge in [-0.15, -0.1) is 0 Å². The predicted molar refractivity (Wildman–Crippen MR) is 73.5 cm³/mol. The van der Waals surface area contributed by atoms with Gasteiger partial charge >= 0.3 is 0 Å². The number of hydrogen-bond donors (Lipinski definition) is 1. The van der Waals surface area contributed by atoms with Crippen LogP contribution in [0.1, 0.15) is 12.5 Å². The Kier molecular flexibility index (Phi) is 4.01. The molecule has 0 aliphatic heterocycles. The van der Waals surface area contributed by atoms with Crippen molar-refractivity contribution < 1.29 is 4.74 Å². The average Bonchev–Trinajstić information content (AvgIpc) is 2.39. The Bertz CT molecular complexity index is 547. The quantitative estimate of drug-likeness (QED) is 0.814. The van der Waals surface area contributed by atoms with Gasteiger partial charge in [0.05, 0.1) is 6.04 Å². The Morgan fingerprint density at radius 1 is 0.944 bits per heavy atom. The zero-order valence-electron chi connectivity index (χ0n) is 10.3. The van der Waals surface area contributed by atoms with Crippen LogP contribution in [0.3, 0.4) is 0 Å². The Labute approximate surface area is 107 Å². The van der Waals surface area contributed by atoms with Crippen molar-refractivity contribution in [2.75, 3.05) is 0 Å². The Balaban J connectivity index is 2.07. The van der Waals surface area contributed by atoms with Gasteiger partial charge in [-0.05, 0) is 43.3 Å². The highest BCUT2D eigenvalue weighted by Crippen LogP contribution is 2.20. The van der Waals surface area contributed by atoms with Crippen molar-refractivity contribution in [2.24, 2.45) is 5.73 Å². The van der Waals surface area contributed by atoms with Crippen LogP contribution in [0, 0.1) is 11.8 Å². The topological polar surface area (TPSA) is 35.2 Å². The van der Waals surface area contributed by atoms with Crippen molar-refractivity contribution in [3.63, 3.8) is 0 Å². The molecule has 0 saturated heterocycles. The Morgan fingerprint density at radius 3 is 2.17 bits per heavy atom. The maximum atomic E-state index is 5.69. The van der Waals surface area contributed by atoms with Gasteiger partial charge in [0.15, 0.2) is 0 Å². The number of ether oxygens (including phenoxy) is 1. The summed E-state index contributed by atoms with van der Waals surface area (Å²) in [7, 11) is 0. The van der Waals surface area contributed by atoms with Gasteiger partial charge in [0.25, 0.3) is 0 Å². The second-order valence-electron chi connectivity index (χ2n) is 4.00. The number of para-hydroxylation sites is 1. The maximum absolute atomic E-state index is 5.69. The summed E-state index contributed by atoms with van der Waals surface area (Å²) in [5, 5.41) is 0. The molecule has 0 aliphatic rings. The van der Waals surface area contributed by atoms with Gasteiger partial charge in [-0.1, -0.05) is 30.0 Å². The molecule has 0 saturated carbocycles. The van der Waals surface area contributed by atoms with Gasteiger partial charge < -0.3 is 10.5 Å². The van der Waals surface area contributed by atoms with Crippen LogP contribution < -0.4 is 10.5 Å². The molecule has 18 heavy (non-hydrogen) atoms. The summed E-state index contributed by atoms with van der Waals surface area (Å²) in [5.41, 5.74) is 6.51. The Hall–Kier alpha value is -2.24. The van der Waals surface area contributed by atoms with E-state index in [0.717, 1.165) is 17.1 Å². The summed E-state index contributed by atoms with van der Waals surface area (Å²) in [6.45, 7) is 1.86. The first-order chi connectivity index (χ1) is 8.74. The molecule has 0 fully saturated rings. The molecule has 90 valence electrons. The van der Waals surface area contributed by atoms with Gasteiger partial charge in [-0.2, -0.15) is 0 Å². The second-order valence-corrected chi connectivity index (χ2v) is 4.00. The zero-order chi connectivity index (χ0) is 12.8. The van der Waals surface area contributed by atoms with Gasteiger partial charge in [-0.3, -0.25) is 0 Å². The van der Waals surface area contributed by atoms with Crippen LogP contribution in [0.2, 0.25) is 0 Å². The predicted octanol–water partition coefficient (Wildman–Crippen LogP) is 3.18. The molecule has 2 heteroatoms. The molecule has 0 bridgehead atoms. The molecule has 0 radical (unpaired) electrons. The highest BCUT2D eigenvalue weighted by atomic mass is 16.5. The van der Waals surface area contributed by atoms with Crippen molar-refractivity contribution in [3.05, 3.63) is 60.2 Å². The summed E-state index contributed by atoms with van der Waals surface area (Å²) in [5.74, 6) is 7.55. The third-order valence-corrected chi connectivity index (χ3v) is 2.28. The van der Waals surface area contributed by atoms with Crippen LogP contribution in [-0.4, -0.2) is 6.04 Å². The second kappa shape index (κ2) is 5.90. The highest BCUT2D eigenvalue weighted by Gasteiger charge is 1.95. The molecule has 0 spiro atoms. The standard InChI is InChI=1S/C16H15NO/c1-13(17)7-8-14-9-11-16(12-10-14)18-15-5-3-2-4-6-15/h2-6,9-13H,17H2,1H3. The molecule has 0 amide bonds. The van der Waals surface area contributed by atoms with E-state index in [1.165, 1.54) is 0 Å². The van der Waals surface area contributed by atoms with E-state index in [1.807, 2.05) is 61.5 Å². The minimum atomic E-state index is -0.106. The van der Waals surface area contributed by atoms with E-state index in [0.29, 0.717) is 0 Å². The largest absolute Gasteiger partial charge is 0.457 e. The first kappa shape index (κ1) is 12.2. The highest BCUT2D eigenvalue weighted by molar-refractivity contribution is 5.40. The summed E-state index contributed by atoms with van der Waals surface area (Å²) >= 11 is 0. The van der Waals surface area contributed by atoms with Gasteiger partial charge in [0.2, 0.25) is 0 Å². The number of hydrogen-bond acceptors (Lipinski definition) is 2. The average molecular weight is 237 g/mol. The van der Waals surface area contributed by atoms with Crippen LogP contribution in [-0.2, 0) is 0 Å². The van der Waals surface area contributed by atoms with E-state index < -0.39 is 0 Å². The minimum Gasteiger partial charge on any atom is -0.457 e. The summed E-state index contributed by atoms with van der Waals surface area (Å²) in [4.78, 5) is 0. The first-order valence-electron chi connectivity index (χ1n) is 5.84. The molecular formula is C16H15NO. The fourth-order valence-corrected chi connectivity index (χ4v) is 1.43. The molecule has 2 N–H and O–H groups in total. The zero-order valence-corrected chi connectivity index (χ0v) is 10.3. The fourth-order valence-electron chi connectivity index (χ4n) is 1.43. The lowest BCUT2D eigenvalue weighted by molar-refractivity contribution is 0.482. The van der Waals surface area contributed by atoms with Gasteiger partial charge in [0, 0.05) is 5.56 Å². The van der Waals surface area contributed by atoms with Crippen LogP contribution in [0.4, 0.5) is 0 Å². The third-order valence-electron chi connectivity index (χ3n) is 2.28. The van der Waals surface area contributed by atoms with Crippen molar-refractivity contribution in [2.45, 2.75) is 13.0 Å².